The van der Waals surface area contributed by atoms with Gasteiger partial charge in [-0.05, 0) is 25.0 Å². The van der Waals surface area contributed by atoms with E-state index in [9.17, 15) is 4.39 Å². The van der Waals surface area contributed by atoms with E-state index in [4.69, 9.17) is 0 Å². The zero-order valence-corrected chi connectivity index (χ0v) is 7.71. The van der Waals surface area contributed by atoms with Crippen LogP contribution in [0.2, 0.25) is 0 Å². The Morgan fingerprint density at radius 2 is 2.23 bits per heavy atom. The van der Waals surface area contributed by atoms with Crippen LogP contribution in [0.3, 0.4) is 0 Å². The van der Waals surface area contributed by atoms with Crippen molar-refractivity contribution in [3.05, 3.63) is 35.5 Å². The maximum Gasteiger partial charge on any atom is 0.173 e. The molecule has 0 aliphatic rings. The molecule has 0 atom stereocenters. The second kappa shape index (κ2) is 2.83. The van der Waals surface area contributed by atoms with E-state index in [1.165, 1.54) is 0 Å². The lowest BCUT2D eigenvalue weighted by atomic mass is 10.2. The highest BCUT2D eigenvalue weighted by atomic mass is 19.1. The molecule has 3 heteroatoms. The van der Waals surface area contributed by atoms with E-state index in [2.05, 4.69) is 4.98 Å². The van der Waals surface area contributed by atoms with Crippen molar-refractivity contribution in [3.63, 3.8) is 0 Å². The van der Waals surface area contributed by atoms with Crippen LogP contribution in [0.1, 0.15) is 18.2 Å². The van der Waals surface area contributed by atoms with Crippen molar-refractivity contribution in [3.8, 4) is 0 Å². The molecule has 0 saturated heterocycles. The van der Waals surface area contributed by atoms with Crippen LogP contribution in [-0.4, -0.2) is 9.38 Å². The summed E-state index contributed by atoms with van der Waals surface area (Å²) in [6, 6.07) is 1.54. The standard InChI is InChI=1S/C10H11FN2/c1-3-8-4-9(11)10-12-7(2)5-13(10)6-8/h4-6H,3H2,1-2H3. The zero-order valence-electron chi connectivity index (χ0n) is 7.71. The molecule has 0 amide bonds. The number of halogens is 1. The van der Waals surface area contributed by atoms with E-state index in [-0.39, 0.29) is 5.82 Å². The van der Waals surface area contributed by atoms with Crippen molar-refractivity contribution in [2.45, 2.75) is 20.3 Å². The predicted molar refractivity (Wildman–Crippen MR) is 49.3 cm³/mol. The lowest BCUT2D eigenvalue weighted by Crippen LogP contribution is -1.91. The lowest BCUT2D eigenvalue weighted by molar-refractivity contribution is 0.627. The Morgan fingerprint density at radius 3 is 2.92 bits per heavy atom. The van der Waals surface area contributed by atoms with Gasteiger partial charge in [0.2, 0.25) is 0 Å². The van der Waals surface area contributed by atoms with Crippen molar-refractivity contribution in [1.82, 2.24) is 9.38 Å². The molecule has 0 aromatic carbocycles. The summed E-state index contributed by atoms with van der Waals surface area (Å²) in [4.78, 5) is 4.08. The minimum atomic E-state index is -0.243. The number of aryl methyl sites for hydroxylation is 2. The van der Waals surface area contributed by atoms with Gasteiger partial charge in [0.15, 0.2) is 11.5 Å². The second-order valence-electron chi connectivity index (χ2n) is 3.16. The van der Waals surface area contributed by atoms with E-state index in [0.717, 1.165) is 17.7 Å². The van der Waals surface area contributed by atoms with E-state index in [1.807, 2.05) is 26.2 Å². The Labute approximate surface area is 76.0 Å². The summed E-state index contributed by atoms with van der Waals surface area (Å²) < 4.78 is 15.1. The van der Waals surface area contributed by atoms with Gasteiger partial charge in [0.25, 0.3) is 0 Å². The molecule has 2 aromatic heterocycles. The molecule has 0 saturated carbocycles. The van der Waals surface area contributed by atoms with Gasteiger partial charge < -0.3 is 4.40 Å². The Balaban J connectivity index is 2.75. The molecule has 0 unspecified atom stereocenters. The van der Waals surface area contributed by atoms with Crippen LogP contribution >= 0.6 is 0 Å². The van der Waals surface area contributed by atoms with Crippen molar-refractivity contribution in [1.29, 1.82) is 0 Å². The first-order valence-corrected chi connectivity index (χ1v) is 4.34. The second-order valence-corrected chi connectivity index (χ2v) is 3.16. The Bertz CT molecular complexity index is 445. The average Bonchev–Trinajstić information content (AvgIpc) is 2.46. The Morgan fingerprint density at radius 1 is 1.46 bits per heavy atom. The SMILES string of the molecule is CCc1cc(F)c2nc(C)cn2c1. The third kappa shape index (κ3) is 1.30. The van der Waals surface area contributed by atoms with Crippen LogP contribution in [0, 0.1) is 12.7 Å². The highest BCUT2D eigenvalue weighted by Crippen LogP contribution is 2.12. The van der Waals surface area contributed by atoms with E-state index in [0.29, 0.717) is 5.65 Å². The maximum absolute atomic E-state index is 13.4. The molecular weight excluding hydrogens is 167 g/mol. The molecule has 2 aromatic rings. The van der Waals surface area contributed by atoms with Crippen LogP contribution in [0.15, 0.2) is 18.5 Å². The number of hydrogen-bond acceptors (Lipinski definition) is 1. The van der Waals surface area contributed by atoms with E-state index in [1.54, 1.807) is 10.5 Å². The highest BCUT2D eigenvalue weighted by Gasteiger charge is 2.05. The molecule has 0 spiro atoms. The van der Waals surface area contributed by atoms with Gasteiger partial charge >= 0.3 is 0 Å². The molecule has 68 valence electrons. The van der Waals surface area contributed by atoms with Crippen LogP contribution in [0.4, 0.5) is 4.39 Å². The number of fused-ring (bicyclic) bond motifs is 1. The van der Waals surface area contributed by atoms with E-state index >= 15 is 0 Å². The molecule has 0 radical (unpaired) electrons. The summed E-state index contributed by atoms with van der Waals surface area (Å²) in [5, 5.41) is 0. The van der Waals surface area contributed by atoms with Crippen LogP contribution < -0.4 is 0 Å². The van der Waals surface area contributed by atoms with Crippen molar-refractivity contribution < 1.29 is 4.39 Å². The summed E-state index contributed by atoms with van der Waals surface area (Å²) in [7, 11) is 0. The first kappa shape index (κ1) is 8.23. The van der Waals surface area contributed by atoms with Gasteiger partial charge in [0.1, 0.15) is 0 Å². The number of pyridine rings is 1. The highest BCUT2D eigenvalue weighted by molar-refractivity contribution is 5.43. The first-order chi connectivity index (χ1) is 6.20. The molecule has 2 heterocycles. The fraction of sp³-hybridized carbons (Fsp3) is 0.300. The monoisotopic (exact) mass is 178 g/mol. The Hall–Kier alpha value is -1.38. The molecule has 2 nitrogen and oxygen atoms in total. The molecule has 0 aliphatic carbocycles. The van der Waals surface area contributed by atoms with Gasteiger partial charge in [-0.2, -0.15) is 0 Å². The van der Waals surface area contributed by atoms with Crippen molar-refractivity contribution in [2.24, 2.45) is 0 Å². The summed E-state index contributed by atoms with van der Waals surface area (Å²) in [6.07, 6.45) is 4.58. The molecule has 2 rings (SSSR count). The van der Waals surface area contributed by atoms with Crippen LogP contribution in [0.25, 0.3) is 5.65 Å². The third-order valence-electron chi connectivity index (χ3n) is 2.09. The molecule has 0 fully saturated rings. The number of hydrogen-bond donors (Lipinski definition) is 0. The molecule has 0 aliphatic heterocycles. The molecule has 13 heavy (non-hydrogen) atoms. The summed E-state index contributed by atoms with van der Waals surface area (Å²) in [6.45, 7) is 3.86. The first-order valence-electron chi connectivity index (χ1n) is 4.34. The summed E-state index contributed by atoms with van der Waals surface area (Å²) in [5.41, 5.74) is 2.24. The fourth-order valence-electron chi connectivity index (χ4n) is 1.43. The van der Waals surface area contributed by atoms with Gasteiger partial charge in [-0.1, -0.05) is 6.92 Å². The maximum atomic E-state index is 13.4. The zero-order chi connectivity index (χ0) is 9.42. The number of nitrogens with zero attached hydrogens (tertiary/aromatic N) is 2. The number of rotatable bonds is 1. The largest absolute Gasteiger partial charge is 0.304 e. The van der Waals surface area contributed by atoms with Gasteiger partial charge in [-0.3, -0.25) is 0 Å². The van der Waals surface area contributed by atoms with Crippen molar-refractivity contribution >= 4 is 5.65 Å². The average molecular weight is 178 g/mol. The number of aromatic nitrogens is 2. The minimum Gasteiger partial charge on any atom is -0.304 e. The normalized spacial score (nSPS) is 11.0. The molecule has 0 bridgehead atoms. The minimum absolute atomic E-state index is 0.243. The summed E-state index contributed by atoms with van der Waals surface area (Å²) >= 11 is 0. The lowest BCUT2D eigenvalue weighted by Gasteiger charge is -1.99. The fourth-order valence-corrected chi connectivity index (χ4v) is 1.43. The molecule has 0 N–H and O–H groups in total. The topological polar surface area (TPSA) is 17.3 Å². The quantitative estimate of drug-likeness (QED) is 0.655. The van der Waals surface area contributed by atoms with Gasteiger partial charge in [0.05, 0.1) is 5.69 Å². The van der Waals surface area contributed by atoms with Crippen LogP contribution in [0.5, 0.6) is 0 Å². The smallest absolute Gasteiger partial charge is 0.173 e. The predicted octanol–water partition coefficient (Wildman–Crippen LogP) is 2.34. The van der Waals surface area contributed by atoms with Crippen LogP contribution in [-0.2, 0) is 6.42 Å². The Kier molecular flexibility index (Phi) is 1.79. The van der Waals surface area contributed by atoms with E-state index < -0.39 is 0 Å². The summed E-state index contributed by atoms with van der Waals surface area (Å²) in [5.74, 6) is -0.243. The number of imidazole rings is 1. The third-order valence-corrected chi connectivity index (χ3v) is 2.09. The molecular formula is C10H11FN2. The van der Waals surface area contributed by atoms with Gasteiger partial charge in [0, 0.05) is 12.4 Å². The van der Waals surface area contributed by atoms with Crippen molar-refractivity contribution in [2.75, 3.05) is 0 Å². The van der Waals surface area contributed by atoms with Gasteiger partial charge in [-0.15, -0.1) is 0 Å². The van der Waals surface area contributed by atoms with Gasteiger partial charge in [-0.25, -0.2) is 9.37 Å².